The number of rotatable bonds is 6. The third kappa shape index (κ3) is 4.25. The Morgan fingerprint density at radius 1 is 1.19 bits per heavy atom. The molecule has 6 N–H and O–H groups in total. The average Bonchev–Trinajstić information content (AvgIpc) is 3.52. The van der Waals surface area contributed by atoms with Crippen LogP contribution in [0.1, 0.15) is 45.1 Å². The predicted octanol–water partition coefficient (Wildman–Crippen LogP) is 2.50. The first-order valence-corrected chi connectivity index (χ1v) is 12.8. The van der Waals surface area contributed by atoms with Crippen LogP contribution in [0.2, 0.25) is 0 Å². The Morgan fingerprint density at radius 3 is 2.56 bits per heavy atom. The molecule has 3 fully saturated rings. The highest BCUT2D eigenvalue weighted by Crippen LogP contribution is 2.65. The Labute approximate surface area is 212 Å². The summed E-state index contributed by atoms with van der Waals surface area (Å²) in [5.74, 6) is -0.0509. The minimum absolute atomic E-state index is 0.00810. The van der Waals surface area contributed by atoms with Crippen LogP contribution in [0.15, 0.2) is 53.1 Å². The van der Waals surface area contributed by atoms with Gasteiger partial charge in [0.05, 0.1) is 36.2 Å². The topological polar surface area (TPSA) is 144 Å². The number of carbonyl (C=O) groups excluding carboxylic acids is 1. The summed E-state index contributed by atoms with van der Waals surface area (Å²) in [5, 5.41) is 21.0. The molecule has 5 rings (SSSR count). The van der Waals surface area contributed by atoms with Gasteiger partial charge in [0.25, 0.3) is 0 Å². The second-order valence-electron chi connectivity index (χ2n) is 11.5. The van der Waals surface area contributed by atoms with E-state index >= 15 is 0 Å². The van der Waals surface area contributed by atoms with Gasteiger partial charge in [-0.25, -0.2) is 9.79 Å². The highest BCUT2D eigenvalue weighted by molar-refractivity contribution is 5.94. The van der Waals surface area contributed by atoms with Gasteiger partial charge in [-0.05, 0) is 60.8 Å². The first kappa shape index (κ1) is 25.0. The molecule has 36 heavy (non-hydrogen) atoms. The molecule has 0 aromatic heterocycles. The zero-order valence-electron chi connectivity index (χ0n) is 21.0. The van der Waals surface area contributed by atoms with Gasteiger partial charge in [-0.2, -0.15) is 0 Å². The van der Waals surface area contributed by atoms with Crippen molar-refractivity contribution in [2.45, 2.75) is 63.8 Å². The van der Waals surface area contributed by atoms with Crippen molar-refractivity contribution in [3.05, 3.63) is 53.6 Å². The number of nitrogens with two attached hydrogens (primary N) is 2. The van der Waals surface area contributed by atoms with Crippen molar-refractivity contribution >= 4 is 17.6 Å². The molecule has 2 saturated carbocycles. The van der Waals surface area contributed by atoms with Crippen molar-refractivity contribution in [2.24, 2.45) is 39.1 Å². The fourth-order valence-corrected chi connectivity index (χ4v) is 7.16. The Balaban J connectivity index is 1.34. The van der Waals surface area contributed by atoms with Crippen LogP contribution in [-0.2, 0) is 20.7 Å². The van der Waals surface area contributed by atoms with Gasteiger partial charge in [-0.15, -0.1) is 0 Å². The number of guanidine groups is 1. The monoisotopic (exact) mass is 495 g/mol. The summed E-state index contributed by atoms with van der Waals surface area (Å²) in [4.78, 5) is 16.7. The number of carbonyl (C=O) groups is 1. The van der Waals surface area contributed by atoms with Crippen molar-refractivity contribution in [3.8, 4) is 0 Å². The van der Waals surface area contributed by atoms with Crippen molar-refractivity contribution in [1.82, 2.24) is 0 Å². The molecule has 0 amide bonds. The second kappa shape index (κ2) is 9.01. The van der Waals surface area contributed by atoms with E-state index in [1.807, 2.05) is 43.3 Å². The molecule has 1 aromatic carbocycles. The van der Waals surface area contributed by atoms with Gasteiger partial charge in [0.1, 0.15) is 6.10 Å². The molecule has 2 aliphatic carbocycles. The molecular weight excluding hydrogens is 458 g/mol. The van der Waals surface area contributed by atoms with Crippen LogP contribution in [-0.4, -0.2) is 53.2 Å². The third-order valence-corrected chi connectivity index (χ3v) is 9.26. The van der Waals surface area contributed by atoms with E-state index in [0.717, 1.165) is 24.8 Å². The highest BCUT2D eigenvalue weighted by atomic mass is 16.6. The molecule has 0 radical (unpaired) electrons. The van der Waals surface area contributed by atoms with Crippen LogP contribution in [0.4, 0.5) is 5.69 Å². The lowest BCUT2D eigenvalue weighted by Crippen LogP contribution is -2.60. The Kier molecular flexibility index (Phi) is 6.25. The normalized spacial score (nSPS) is 39.6. The van der Waals surface area contributed by atoms with E-state index < -0.39 is 11.5 Å². The number of aliphatic hydroxyl groups excluding tert-OH is 2. The number of aliphatic hydroxyl groups is 2. The summed E-state index contributed by atoms with van der Waals surface area (Å²) in [6, 6.07) is 7.49. The van der Waals surface area contributed by atoms with Crippen LogP contribution in [0.5, 0.6) is 0 Å². The van der Waals surface area contributed by atoms with E-state index in [1.165, 1.54) is 0 Å². The Bertz CT molecular complexity index is 1100. The van der Waals surface area contributed by atoms with Crippen LogP contribution in [0.3, 0.4) is 0 Å². The molecular formula is C28H37N3O5. The first-order chi connectivity index (χ1) is 17.1. The molecule has 1 spiro atoms. The highest BCUT2D eigenvalue weighted by Gasteiger charge is 2.66. The molecule has 2 heterocycles. The van der Waals surface area contributed by atoms with Crippen molar-refractivity contribution in [1.29, 1.82) is 0 Å². The summed E-state index contributed by atoms with van der Waals surface area (Å²) >= 11 is 0. The number of aliphatic imine (C=N–C) groups is 1. The quantitative estimate of drug-likeness (QED) is 0.205. The van der Waals surface area contributed by atoms with Gasteiger partial charge in [-0.1, -0.05) is 38.1 Å². The number of ether oxygens (including phenoxy) is 2. The maximum Gasteiger partial charge on any atom is 0.338 e. The SMILES string of the molecule is C[C@]12CC[C@@H](O)[C@@](C)(CO)C1CCC1(CO1)C2C=CC1=CC(Cc2ccc(N=C(N)N)cc2)OC1=O. The number of hydrogen-bond acceptors (Lipinski definition) is 6. The molecule has 7 atom stereocenters. The number of cyclic esters (lactones) is 1. The Morgan fingerprint density at radius 2 is 1.92 bits per heavy atom. The second-order valence-corrected chi connectivity index (χ2v) is 11.5. The van der Waals surface area contributed by atoms with Crippen LogP contribution < -0.4 is 11.5 Å². The van der Waals surface area contributed by atoms with E-state index in [4.69, 9.17) is 20.9 Å². The van der Waals surface area contributed by atoms with E-state index in [0.29, 0.717) is 30.7 Å². The molecule has 8 nitrogen and oxygen atoms in total. The molecule has 2 aliphatic heterocycles. The number of benzene rings is 1. The maximum atomic E-state index is 12.7. The lowest BCUT2D eigenvalue weighted by Gasteiger charge is -2.60. The lowest BCUT2D eigenvalue weighted by molar-refractivity contribution is -0.167. The third-order valence-electron chi connectivity index (χ3n) is 9.26. The summed E-state index contributed by atoms with van der Waals surface area (Å²) < 4.78 is 11.7. The van der Waals surface area contributed by atoms with Crippen molar-refractivity contribution in [2.75, 3.05) is 13.2 Å². The van der Waals surface area contributed by atoms with Gasteiger partial charge >= 0.3 is 5.97 Å². The smallest absolute Gasteiger partial charge is 0.338 e. The standard InChI is InChI=1S/C28H37N3O5/c1-26-11-10-23(33)27(2,15-32)21(26)9-12-28(16-35-28)22(26)8-5-18-14-20(36-24(18)34)13-17-3-6-19(7-4-17)31-25(29)30/h3-8,14,20-23,32-33H,9-13,15-16H2,1-2H3,(H4,29,30,31)/t20?,21?,22?,23-,26+,27+,28?/m1/s1. The summed E-state index contributed by atoms with van der Waals surface area (Å²) in [6.07, 6.45) is 8.95. The molecule has 4 unspecified atom stereocenters. The largest absolute Gasteiger partial charge is 0.454 e. The zero-order chi connectivity index (χ0) is 25.7. The number of esters is 1. The van der Waals surface area contributed by atoms with Crippen LogP contribution in [0, 0.1) is 22.7 Å². The van der Waals surface area contributed by atoms with Gasteiger partial charge in [-0.3, -0.25) is 0 Å². The molecule has 194 valence electrons. The average molecular weight is 496 g/mol. The number of nitrogens with zero attached hydrogens (tertiary/aromatic N) is 1. The molecule has 1 aromatic rings. The molecule has 0 bridgehead atoms. The van der Waals surface area contributed by atoms with Gasteiger partial charge in [0, 0.05) is 17.8 Å². The van der Waals surface area contributed by atoms with E-state index in [1.54, 1.807) is 0 Å². The van der Waals surface area contributed by atoms with Gasteiger partial charge in [0.2, 0.25) is 0 Å². The Hall–Kier alpha value is -2.68. The molecule has 8 heteroatoms. The summed E-state index contributed by atoms with van der Waals surface area (Å²) in [7, 11) is 0. The fourth-order valence-electron chi connectivity index (χ4n) is 7.16. The number of epoxide rings is 1. The van der Waals surface area contributed by atoms with Crippen LogP contribution >= 0.6 is 0 Å². The first-order valence-electron chi connectivity index (χ1n) is 12.8. The zero-order valence-corrected chi connectivity index (χ0v) is 21.0. The number of hydrogen-bond donors (Lipinski definition) is 4. The number of fused-ring (bicyclic) bond motifs is 1. The minimum Gasteiger partial charge on any atom is -0.454 e. The van der Waals surface area contributed by atoms with Crippen LogP contribution in [0.25, 0.3) is 0 Å². The van der Waals surface area contributed by atoms with E-state index in [-0.39, 0.29) is 47.5 Å². The summed E-state index contributed by atoms with van der Waals surface area (Å²) in [5.41, 5.74) is 12.2. The fraction of sp³-hybridized carbons (Fsp3) is 0.571. The van der Waals surface area contributed by atoms with E-state index in [9.17, 15) is 15.0 Å². The van der Waals surface area contributed by atoms with Gasteiger partial charge < -0.3 is 31.2 Å². The van der Waals surface area contributed by atoms with Crippen molar-refractivity contribution < 1.29 is 24.5 Å². The maximum absolute atomic E-state index is 12.7. The van der Waals surface area contributed by atoms with E-state index in [2.05, 4.69) is 18.0 Å². The van der Waals surface area contributed by atoms with Crippen molar-refractivity contribution in [3.63, 3.8) is 0 Å². The van der Waals surface area contributed by atoms with Gasteiger partial charge in [0.15, 0.2) is 5.96 Å². The summed E-state index contributed by atoms with van der Waals surface area (Å²) in [6.45, 7) is 4.96. The molecule has 1 saturated heterocycles. The minimum atomic E-state index is -0.539. The molecule has 4 aliphatic rings. The lowest BCUT2D eigenvalue weighted by atomic mass is 9.45. The predicted molar refractivity (Wildman–Crippen MR) is 136 cm³/mol.